The van der Waals surface area contributed by atoms with Crippen LogP contribution in [-0.2, 0) is 10.0 Å². The van der Waals surface area contributed by atoms with Gasteiger partial charge in [-0.2, -0.15) is 4.39 Å². The quantitative estimate of drug-likeness (QED) is 0.608. The normalized spacial score (nSPS) is 13.2. The molecule has 21 heavy (non-hydrogen) atoms. The molecule has 0 fully saturated rings. The highest BCUT2D eigenvalue weighted by atomic mass is 32.2. The molecule has 0 aliphatic rings. The Hall–Kier alpha value is -1.58. The fourth-order valence-corrected chi connectivity index (χ4v) is 3.85. The molecule has 0 spiro atoms. The molecule has 0 heterocycles. The Morgan fingerprint density at radius 3 is 2.48 bits per heavy atom. The van der Waals surface area contributed by atoms with E-state index in [1.54, 1.807) is 6.92 Å². The van der Waals surface area contributed by atoms with Crippen LogP contribution in [0.4, 0.5) is 10.1 Å². The lowest BCUT2D eigenvalue weighted by Crippen LogP contribution is -2.37. The summed E-state index contributed by atoms with van der Waals surface area (Å²) in [6.07, 6.45) is 0.344. The third-order valence-electron chi connectivity index (χ3n) is 3.11. The molecule has 0 saturated carbocycles. The molecule has 0 aliphatic carbocycles. The van der Waals surface area contributed by atoms with Gasteiger partial charge in [-0.25, -0.2) is 13.1 Å². The van der Waals surface area contributed by atoms with Crippen LogP contribution in [0, 0.1) is 29.8 Å². The number of hydrogen-bond donors (Lipinski definition) is 2. The first-order valence-corrected chi connectivity index (χ1v) is 7.71. The van der Waals surface area contributed by atoms with Crippen molar-refractivity contribution in [2.24, 2.45) is 0 Å². The standard InChI is InChI=1S/C12H17FN2O5S/c1-4-9(6-16)14-21(19,20)12-7(2)5-10(13)11(8(12)3)15(17)18/h5,9,14,16H,4,6H2,1-3H3/t9-/m0/s1. The highest BCUT2D eigenvalue weighted by Crippen LogP contribution is 2.31. The van der Waals surface area contributed by atoms with Gasteiger partial charge in [0, 0.05) is 6.04 Å². The van der Waals surface area contributed by atoms with E-state index in [1.165, 1.54) is 13.8 Å². The van der Waals surface area contributed by atoms with Crippen LogP contribution >= 0.6 is 0 Å². The number of sulfonamides is 1. The number of aryl methyl sites for hydroxylation is 1. The molecule has 1 aromatic rings. The molecule has 1 rings (SSSR count). The summed E-state index contributed by atoms with van der Waals surface area (Å²) in [5, 5.41) is 19.9. The molecular weight excluding hydrogens is 303 g/mol. The number of halogens is 1. The Morgan fingerprint density at radius 2 is 2.05 bits per heavy atom. The molecule has 0 aromatic heterocycles. The predicted molar refractivity (Wildman–Crippen MR) is 74.0 cm³/mol. The smallest absolute Gasteiger partial charge is 0.309 e. The van der Waals surface area contributed by atoms with Crippen molar-refractivity contribution in [2.75, 3.05) is 6.61 Å². The molecular formula is C12H17FN2O5S. The van der Waals surface area contributed by atoms with Crippen LogP contribution in [0.25, 0.3) is 0 Å². The van der Waals surface area contributed by atoms with Crippen LogP contribution in [-0.4, -0.2) is 31.1 Å². The van der Waals surface area contributed by atoms with Gasteiger partial charge in [0.1, 0.15) is 0 Å². The van der Waals surface area contributed by atoms with E-state index < -0.39 is 39.1 Å². The summed E-state index contributed by atoms with van der Waals surface area (Å²) in [5.41, 5.74) is -1.06. The fourth-order valence-electron chi connectivity index (χ4n) is 2.07. The van der Waals surface area contributed by atoms with Gasteiger partial charge in [-0.3, -0.25) is 10.1 Å². The molecule has 0 saturated heterocycles. The summed E-state index contributed by atoms with van der Waals surface area (Å²) in [7, 11) is -4.10. The second kappa shape index (κ2) is 6.46. The zero-order chi connectivity index (χ0) is 16.4. The Bertz CT molecular complexity index is 656. The number of aliphatic hydroxyl groups is 1. The molecule has 0 amide bonds. The van der Waals surface area contributed by atoms with Crippen molar-refractivity contribution in [3.8, 4) is 0 Å². The van der Waals surface area contributed by atoms with Crippen LogP contribution in [0.5, 0.6) is 0 Å². The van der Waals surface area contributed by atoms with Crippen LogP contribution in [0.2, 0.25) is 0 Å². The summed E-state index contributed by atoms with van der Waals surface area (Å²) in [6.45, 7) is 3.81. The molecule has 0 unspecified atom stereocenters. The van der Waals surface area contributed by atoms with Crippen molar-refractivity contribution < 1.29 is 22.8 Å². The van der Waals surface area contributed by atoms with E-state index in [1.807, 2.05) is 0 Å². The molecule has 7 nitrogen and oxygen atoms in total. The maximum Gasteiger partial charge on any atom is 0.309 e. The van der Waals surface area contributed by atoms with Crippen LogP contribution in [0.3, 0.4) is 0 Å². The van der Waals surface area contributed by atoms with Gasteiger partial charge in [-0.1, -0.05) is 6.92 Å². The molecule has 1 aromatic carbocycles. The van der Waals surface area contributed by atoms with E-state index in [9.17, 15) is 22.9 Å². The maximum absolute atomic E-state index is 13.6. The minimum atomic E-state index is -4.10. The summed E-state index contributed by atoms with van der Waals surface area (Å²) in [5.74, 6) is -1.08. The zero-order valence-corrected chi connectivity index (χ0v) is 12.7. The molecule has 0 aliphatic heterocycles. The number of hydrogen-bond acceptors (Lipinski definition) is 5. The van der Waals surface area contributed by atoms with Crippen molar-refractivity contribution in [1.82, 2.24) is 4.72 Å². The lowest BCUT2D eigenvalue weighted by Gasteiger charge is -2.17. The van der Waals surface area contributed by atoms with E-state index in [2.05, 4.69) is 4.72 Å². The summed E-state index contributed by atoms with van der Waals surface area (Å²) < 4.78 is 40.5. The molecule has 1 atom stereocenters. The van der Waals surface area contributed by atoms with Gasteiger partial charge in [0.25, 0.3) is 0 Å². The minimum absolute atomic E-state index is 0.0656. The summed E-state index contributed by atoms with van der Waals surface area (Å²) in [4.78, 5) is 9.60. The molecule has 0 radical (unpaired) electrons. The second-order valence-corrected chi connectivity index (χ2v) is 6.29. The number of rotatable bonds is 6. The van der Waals surface area contributed by atoms with Gasteiger partial charge in [0.2, 0.25) is 15.8 Å². The third kappa shape index (κ3) is 3.55. The summed E-state index contributed by atoms with van der Waals surface area (Å²) in [6, 6.07) is 0.109. The van der Waals surface area contributed by atoms with Gasteiger partial charge >= 0.3 is 5.69 Å². The zero-order valence-electron chi connectivity index (χ0n) is 11.9. The molecule has 0 bridgehead atoms. The van der Waals surface area contributed by atoms with E-state index in [0.29, 0.717) is 6.42 Å². The first-order valence-electron chi connectivity index (χ1n) is 6.23. The van der Waals surface area contributed by atoms with Crippen molar-refractivity contribution in [3.05, 3.63) is 33.1 Å². The Labute approximate surface area is 122 Å². The second-order valence-electron chi connectivity index (χ2n) is 4.64. The largest absolute Gasteiger partial charge is 0.395 e. The van der Waals surface area contributed by atoms with Crippen molar-refractivity contribution >= 4 is 15.7 Å². The van der Waals surface area contributed by atoms with Gasteiger partial charge in [-0.05, 0) is 31.9 Å². The topological polar surface area (TPSA) is 110 Å². The highest BCUT2D eigenvalue weighted by Gasteiger charge is 2.30. The molecule has 2 N–H and O–H groups in total. The number of nitro groups is 1. The van der Waals surface area contributed by atoms with Gasteiger partial charge in [0.15, 0.2) is 0 Å². The van der Waals surface area contributed by atoms with E-state index in [0.717, 1.165) is 6.07 Å². The van der Waals surface area contributed by atoms with Crippen molar-refractivity contribution in [1.29, 1.82) is 0 Å². The maximum atomic E-state index is 13.6. The van der Waals surface area contributed by atoms with Crippen molar-refractivity contribution in [2.45, 2.75) is 38.1 Å². The SMILES string of the molecule is CC[C@@H](CO)NS(=O)(=O)c1c(C)cc(F)c([N+](=O)[O-])c1C. The lowest BCUT2D eigenvalue weighted by molar-refractivity contribution is -0.388. The minimum Gasteiger partial charge on any atom is -0.395 e. The first kappa shape index (κ1) is 17.5. The van der Waals surface area contributed by atoms with E-state index >= 15 is 0 Å². The van der Waals surface area contributed by atoms with E-state index in [4.69, 9.17) is 5.11 Å². The summed E-state index contributed by atoms with van der Waals surface area (Å²) >= 11 is 0. The number of nitrogens with one attached hydrogen (secondary N) is 1. The fraction of sp³-hybridized carbons (Fsp3) is 0.500. The average molecular weight is 320 g/mol. The third-order valence-corrected chi connectivity index (χ3v) is 4.92. The number of benzene rings is 1. The molecule has 118 valence electrons. The number of nitro benzene ring substituents is 1. The Balaban J connectivity index is 3.49. The molecule has 9 heteroatoms. The lowest BCUT2D eigenvalue weighted by atomic mass is 10.1. The highest BCUT2D eigenvalue weighted by molar-refractivity contribution is 7.89. The average Bonchev–Trinajstić information content (AvgIpc) is 2.34. The van der Waals surface area contributed by atoms with E-state index in [-0.39, 0.29) is 16.0 Å². The van der Waals surface area contributed by atoms with Crippen LogP contribution < -0.4 is 4.72 Å². The number of nitrogens with zero attached hydrogens (tertiary/aromatic N) is 1. The van der Waals surface area contributed by atoms with Gasteiger partial charge in [0.05, 0.1) is 22.0 Å². The van der Waals surface area contributed by atoms with Crippen molar-refractivity contribution in [3.63, 3.8) is 0 Å². The number of aliphatic hydroxyl groups excluding tert-OH is 1. The van der Waals surface area contributed by atoms with Gasteiger partial charge < -0.3 is 5.11 Å². The van der Waals surface area contributed by atoms with Crippen LogP contribution in [0.15, 0.2) is 11.0 Å². The Kier molecular flexibility index (Phi) is 5.37. The first-order chi connectivity index (χ1) is 9.65. The van der Waals surface area contributed by atoms with Crippen LogP contribution in [0.1, 0.15) is 24.5 Å². The van der Waals surface area contributed by atoms with Gasteiger partial charge in [-0.15, -0.1) is 0 Å². The monoisotopic (exact) mass is 320 g/mol. The Morgan fingerprint density at radius 1 is 1.48 bits per heavy atom. The predicted octanol–water partition coefficient (Wildman–Crippen LogP) is 1.40.